The Morgan fingerprint density at radius 2 is 1.00 bits per heavy atom. The van der Waals surface area contributed by atoms with Crippen LogP contribution in [-0.4, -0.2) is 0 Å². The highest BCUT2D eigenvalue weighted by atomic mass is 14.3. The van der Waals surface area contributed by atoms with Crippen molar-refractivity contribution in [2.45, 2.75) is 129 Å². The van der Waals surface area contributed by atoms with Gasteiger partial charge in [0, 0.05) is 23.1 Å². The van der Waals surface area contributed by atoms with Crippen molar-refractivity contribution in [3.8, 4) is 23.7 Å². The third-order valence-corrected chi connectivity index (χ3v) is 8.35. The molecule has 0 spiro atoms. The Morgan fingerprint density at radius 3 is 1.58 bits per heavy atom. The van der Waals surface area contributed by atoms with E-state index in [4.69, 9.17) is 0 Å². The lowest BCUT2D eigenvalue weighted by molar-refractivity contribution is 0.248. The molecule has 2 aromatic carbocycles. The van der Waals surface area contributed by atoms with Crippen molar-refractivity contribution in [3.05, 3.63) is 70.8 Å². The van der Waals surface area contributed by atoms with Gasteiger partial charge < -0.3 is 0 Å². The zero-order chi connectivity index (χ0) is 26.7. The van der Waals surface area contributed by atoms with Crippen molar-refractivity contribution in [2.24, 2.45) is 11.8 Å². The van der Waals surface area contributed by atoms with Crippen molar-refractivity contribution >= 4 is 0 Å². The van der Waals surface area contributed by atoms with Crippen molar-refractivity contribution in [2.75, 3.05) is 0 Å². The van der Waals surface area contributed by atoms with E-state index in [9.17, 15) is 0 Å². The Hall–Kier alpha value is -2.44. The second-order valence-electron chi connectivity index (χ2n) is 11.6. The zero-order valence-electron chi connectivity index (χ0n) is 24.5. The molecule has 0 atom stereocenters. The van der Waals surface area contributed by atoms with E-state index in [1.165, 1.54) is 115 Å². The summed E-state index contributed by atoms with van der Waals surface area (Å²) in [6.45, 7) is 4.56. The van der Waals surface area contributed by atoms with E-state index in [1.807, 2.05) is 0 Å². The van der Waals surface area contributed by atoms with Gasteiger partial charge in [-0.15, -0.1) is 0 Å². The maximum absolute atomic E-state index is 3.34. The molecule has 0 bridgehead atoms. The molecule has 2 aromatic rings. The molecule has 204 valence electrons. The largest absolute Gasteiger partial charge is 0.0979 e. The molecule has 1 aliphatic carbocycles. The Bertz CT molecular complexity index is 994. The van der Waals surface area contributed by atoms with Crippen LogP contribution in [0.15, 0.2) is 48.5 Å². The van der Waals surface area contributed by atoms with Crippen LogP contribution in [0.3, 0.4) is 0 Å². The average Bonchev–Trinajstić information content (AvgIpc) is 2.96. The number of unbranched alkanes of at least 4 members (excludes halogenated alkanes) is 9. The van der Waals surface area contributed by atoms with Gasteiger partial charge >= 0.3 is 0 Å². The second kappa shape index (κ2) is 18.8. The van der Waals surface area contributed by atoms with E-state index in [2.05, 4.69) is 86.1 Å². The minimum absolute atomic E-state index is 0.935. The van der Waals surface area contributed by atoms with Crippen LogP contribution in [0.25, 0.3) is 0 Å². The third-order valence-electron chi connectivity index (χ3n) is 8.35. The molecule has 0 aromatic heterocycles. The van der Waals surface area contributed by atoms with Crippen LogP contribution in [0.5, 0.6) is 0 Å². The molecule has 0 heteroatoms. The van der Waals surface area contributed by atoms with Gasteiger partial charge in [-0.3, -0.25) is 0 Å². The molecule has 1 aliphatic rings. The summed E-state index contributed by atoms with van der Waals surface area (Å²) in [6, 6.07) is 17.3. The van der Waals surface area contributed by atoms with Crippen molar-refractivity contribution in [1.29, 1.82) is 0 Å². The van der Waals surface area contributed by atoms with Crippen molar-refractivity contribution in [3.63, 3.8) is 0 Å². The fraction of sp³-hybridized carbons (Fsp3) is 0.579. The molecule has 0 saturated heterocycles. The summed E-state index contributed by atoms with van der Waals surface area (Å²) in [7, 11) is 0. The molecular formula is C38H52. The van der Waals surface area contributed by atoms with Crippen LogP contribution in [0.4, 0.5) is 0 Å². The maximum atomic E-state index is 3.34. The Balaban J connectivity index is 1.34. The monoisotopic (exact) mass is 508 g/mol. The molecule has 0 nitrogen and oxygen atoms in total. The van der Waals surface area contributed by atoms with Gasteiger partial charge in [-0.2, -0.15) is 0 Å². The standard InChI is InChI=1S/C38H52/c1-3-5-7-9-10-12-14-16-34-19-23-36(24-20-34)26-28-38-31-29-37(30-32-38)27-25-35-21-17-33(18-22-35)15-13-11-8-6-4-2/h19-20,23-24,29-33,35H,3-13,15,17-18,21-22,25,27H2,1-2H3/t33-,35-. The Morgan fingerprint density at radius 1 is 0.526 bits per heavy atom. The first-order valence-corrected chi connectivity index (χ1v) is 16.0. The quantitative estimate of drug-likeness (QED) is 0.176. The SMILES string of the molecule is CCCCCCCC#Cc1ccc(C#Cc2ccc(CC[C@H]3CC[C@H](CCCCCCC)CC3)cc2)cc1. The van der Waals surface area contributed by atoms with E-state index < -0.39 is 0 Å². The van der Waals surface area contributed by atoms with Gasteiger partial charge in [0.15, 0.2) is 0 Å². The van der Waals surface area contributed by atoms with Crippen LogP contribution >= 0.6 is 0 Å². The molecule has 0 amide bonds. The average molecular weight is 509 g/mol. The first-order valence-electron chi connectivity index (χ1n) is 16.0. The Labute approximate surface area is 235 Å². The molecule has 0 heterocycles. The van der Waals surface area contributed by atoms with Gasteiger partial charge in [0.2, 0.25) is 0 Å². The van der Waals surface area contributed by atoms with Gasteiger partial charge in [-0.05, 0) is 73.1 Å². The van der Waals surface area contributed by atoms with Gasteiger partial charge in [-0.25, -0.2) is 0 Å². The highest BCUT2D eigenvalue weighted by molar-refractivity contribution is 5.46. The van der Waals surface area contributed by atoms with E-state index >= 15 is 0 Å². The van der Waals surface area contributed by atoms with Crippen LogP contribution in [0.1, 0.15) is 145 Å². The lowest BCUT2D eigenvalue weighted by Gasteiger charge is -2.28. The predicted molar refractivity (Wildman–Crippen MR) is 166 cm³/mol. The van der Waals surface area contributed by atoms with Crippen molar-refractivity contribution < 1.29 is 0 Å². The van der Waals surface area contributed by atoms with Crippen LogP contribution in [-0.2, 0) is 6.42 Å². The summed E-state index contributed by atoms with van der Waals surface area (Å²) < 4.78 is 0. The van der Waals surface area contributed by atoms with Crippen LogP contribution < -0.4 is 0 Å². The third kappa shape index (κ3) is 12.4. The van der Waals surface area contributed by atoms with Crippen molar-refractivity contribution in [1.82, 2.24) is 0 Å². The van der Waals surface area contributed by atoms with Crippen LogP contribution in [0.2, 0.25) is 0 Å². The number of benzene rings is 2. The summed E-state index contributed by atoms with van der Waals surface area (Å²) in [5, 5.41) is 0. The summed E-state index contributed by atoms with van der Waals surface area (Å²) in [5.41, 5.74) is 4.70. The fourth-order valence-electron chi connectivity index (χ4n) is 5.73. The van der Waals surface area contributed by atoms with E-state index in [0.29, 0.717) is 0 Å². The fourth-order valence-corrected chi connectivity index (χ4v) is 5.73. The molecule has 0 aliphatic heterocycles. The first kappa shape index (κ1) is 30.1. The molecule has 0 N–H and O–H groups in total. The van der Waals surface area contributed by atoms with Gasteiger partial charge in [0.05, 0.1) is 0 Å². The van der Waals surface area contributed by atoms with E-state index in [1.54, 1.807) is 0 Å². The molecule has 1 saturated carbocycles. The number of rotatable bonds is 14. The maximum Gasteiger partial charge on any atom is 0.0249 e. The van der Waals surface area contributed by atoms with Gasteiger partial charge in [0.25, 0.3) is 0 Å². The van der Waals surface area contributed by atoms with Gasteiger partial charge in [-0.1, -0.05) is 140 Å². The molecule has 0 unspecified atom stereocenters. The number of aryl methyl sites for hydroxylation is 1. The highest BCUT2D eigenvalue weighted by Crippen LogP contribution is 2.34. The topological polar surface area (TPSA) is 0 Å². The molecular weight excluding hydrogens is 456 g/mol. The summed E-state index contributed by atoms with van der Waals surface area (Å²) in [6.07, 6.45) is 24.5. The summed E-state index contributed by atoms with van der Waals surface area (Å²) >= 11 is 0. The number of hydrogen-bond acceptors (Lipinski definition) is 0. The molecule has 3 rings (SSSR count). The summed E-state index contributed by atoms with van der Waals surface area (Å²) in [4.78, 5) is 0. The predicted octanol–water partition coefficient (Wildman–Crippen LogP) is 10.9. The molecule has 38 heavy (non-hydrogen) atoms. The molecule has 1 fully saturated rings. The highest BCUT2D eigenvalue weighted by Gasteiger charge is 2.20. The smallest absolute Gasteiger partial charge is 0.0249 e. The molecule has 0 radical (unpaired) electrons. The lowest BCUT2D eigenvalue weighted by Crippen LogP contribution is -2.15. The minimum atomic E-state index is 0.935. The normalized spacial score (nSPS) is 16.8. The number of hydrogen-bond donors (Lipinski definition) is 0. The van der Waals surface area contributed by atoms with E-state index in [0.717, 1.165) is 34.9 Å². The second-order valence-corrected chi connectivity index (χ2v) is 11.6. The van der Waals surface area contributed by atoms with Gasteiger partial charge in [0.1, 0.15) is 0 Å². The lowest BCUT2D eigenvalue weighted by atomic mass is 9.77. The minimum Gasteiger partial charge on any atom is -0.0979 e. The summed E-state index contributed by atoms with van der Waals surface area (Å²) in [5.74, 6) is 15.2. The first-order chi connectivity index (χ1) is 18.8. The van der Waals surface area contributed by atoms with E-state index in [-0.39, 0.29) is 0 Å². The Kier molecular flexibility index (Phi) is 14.9. The zero-order valence-corrected chi connectivity index (χ0v) is 24.5. The van der Waals surface area contributed by atoms with Crippen LogP contribution in [0, 0.1) is 35.5 Å².